The molecular formula is C14H20N4O. The zero-order valence-electron chi connectivity index (χ0n) is 11.3. The van der Waals surface area contributed by atoms with Gasteiger partial charge in [-0.3, -0.25) is 4.79 Å². The van der Waals surface area contributed by atoms with E-state index in [-0.39, 0.29) is 5.91 Å². The predicted octanol–water partition coefficient (Wildman–Crippen LogP) is 0.692. The minimum atomic E-state index is -0.0440. The minimum absolute atomic E-state index is 0.0440. The number of piperazine rings is 1. The third-order valence-electron chi connectivity index (χ3n) is 3.66. The van der Waals surface area contributed by atoms with Gasteiger partial charge in [-0.1, -0.05) is 0 Å². The number of hydrogen-bond acceptors (Lipinski definition) is 4. The van der Waals surface area contributed by atoms with E-state index in [0.29, 0.717) is 11.7 Å². The Morgan fingerprint density at radius 3 is 2.74 bits per heavy atom. The number of aryl methyl sites for hydroxylation is 1. The molecule has 1 aliphatic heterocycles. The molecule has 0 aromatic carbocycles. The van der Waals surface area contributed by atoms with Gasteiger partial charge in [0.2, 0.25) is 0 Å². The van der Waals surface area contributed by atoms with E-state index in [9.17, 15) is 4.79 Å². The Morgan fingerprint density at radius 2 is 2.11 bits per heavy atom. The van der Waals surface area contributed by atoms with Crippen LogP contribution in [0, 0.1) is 6.92 Å². The first-order chi connectivity index (χ1) is 9.24. The van der Waals surface area contributed by atoms with Crippen molar-refractivity contribution in [2.75, 3.05) is 31.1 Å². The van der Waals surface area contributed by atoms with Gasteiger partial charge in [0.05, 0.1) is 11.4 Å². The second-order valence-corrected chi connectivity index (χ2v) is 5.29. The summed E-state index contributed by atoms with van der Waals surface area (Å²) < 4.78 is 0. The molecule has 1 aliphatic carbocycles. The van der Waals surface area contributed by atoms with E-state index in [1.165, 1.54) is 0 Å². The lowest BCUT2D eigenvalue weighted by atomic mass is 10.2. The van der Waals surface area contributed by atoms with Crippen LogP contribution in [0.5, 0.6) is 0 Å². The van der Waals surface area contributed by atoms with Gasteiger partial charge >= 0.3 is 0 Å². The quantitative estimate of drug-likeness (QED) is 0.839. The first-order valence-electron chi connectivity index (χ1n) is 6.98. The Balaban J connectivity index is 1.74. The van der Waals surface area contributed by atoms with Crippen molar-refractivity contribution in [2.45, 2.75) is 25.8 Å². The first-order valence-corrected chi connectivity index (χ1v) is 6.98. The average molecular weight is 260 g/mol. The number of carbonyl (C=O) groups excluding carboxylic acids is 1. The third kappa shape index (κ3) is 2.87. The molecule has 102 valence electrons. The third-order valence-corrected chi connectivity index (χ3v) is 3.66. The largest absolute Gasteiger partial charge is 0.368 e. The molecule has 2 N–H and O–H groups in total. The molecule has 2 aliphatic rings. The van der Waals surface area contributed by atoms with Crippen LogP contribution >= 0.6 is 0 Å². The molecule has 1 saturated carbocycles. The molecule has 1 aromatic rings. The molecule has 5 heteroatoms. The summed E-state index contributed by atoms with van der Waals surface area (Å²) in [5.74, 6) is -0.0440. The summed E-state index contributed by atoms with van der Waals surface area (Å²) in [6.07, 6.45) is 2.20. The summed E-state index contributed by atoms with van der Waals surface area (Å²) in [5, 5.41) is 6.31. The van der Waals surface area contributed by atoms with Crippen molar-refractivity contribution >= 4 is 11.6 Å². The van der Waals surface area contributed by atoms with Crippen molar-refractivity contribution in [3.05, 3.63) is 23.5 Å². The molecule has 0 atom stereocenters. The van der Waals surface area contributed by atoms with Crippen LogP contribution in [-0.2, 0) is 0 Å². The van der Waals surface area contributed by atoms with Crippen molar-refractivity contribution in [1.82, 2.24) is 15.6 Å². The molecule has 0 radical (unpaired) electrons. The van der Waals surface area contributed by atoms with Crippen LogP contribution < -0.4 is 15.5 Å². The van der Waals surface area contributed by atoms with Crippen molar-refractivity contribution in [3.63, 3.8) is 0 Å². The summed E-state index contributed by atoms with van der Waals surface area (Å²) in [4.78, 5) is 18.7. The van der Waals surface area contributed by atoms with Gasteiger partial charge in [0.15, 0.2) is 0 Å². The first kappa shape index (κ1) is 12.4. The topological polar surface area (TPSA) is 57.3 Å². The van der Waals surface area contributed by atoms with Crippen molar-refractivity contribution in [1.29, 1.82) is 0 Å². The second kappa shape index (κ2) is 5.17. The van der Waals surface area contributed by atoms with E-state index in [4.69, 9.17) is 0 Å². The lowest BCUT2D eigenvalue weighted by Gasteiger charge is -2.30. The molecule has 5 nitrogen and oxygen atoms in total. The van der Waals surface area contributed by atoms with Crippen LogP contribution in [0.4, 0.5) is 5.69 Å². The van der Waals surface area contributed by atoms with Gasteiger partial charge in [-0.15, -0.1) is 0 Å². The summed E-state index contributed by atoms with van der Waals surface area (Å²) in [6.45, 7) is 5.98. The fourth-order valence-corrected chi connectivity index (χ4v) is 2.41. The summed E-state index contributed by atoms with van der Waals surface area (Å²) >= 11 is 0. The SMILES string of the molecule is Cc1nc(C(=O)NC2CC2)ccc1N1CCNCC1. The summed E-state index contributed by atoms with van der Waals surface area (Å²) in [7, 11) is 0. The van der Waals surface area contributed by atoms with E-state index >= 15 is 0 Å². The number of carbonyl (C=O) groups is 1. The van der Waals surface area contributed by atoms with E-state index < -0.39 is 0 Å². The van der Waals surface area contributed by atoms with Gasteiger partial charge in [-0.05, 0) is 31.9 Å². The monoisotopic (exact) mass is 260 g/mol. The van der Waals surface area contributed by atoms with Gasteiger partial charge < -0.3 is 15.5 Å². The highest BCUT2D eigenvalue weighted by Crippen LogP contribution is 2.21. The second-order valence-electron chi connectivity index (χ2n) is 5.29. The molecule has 2 heterocycles. The van der Waals surface area contributed by atoms with Crippen molar-refractivity contribution < 1.29 is 4.79 Å². The Morgan fingerprint density at radius 1 is 1.37 bits per heavy atom. The van der Waals surface area contributed by atoms with Gasteiger partial charge in [-0.2, -0.15) is 0 Å². The molecule has 1 aromatic heterocycles. The minimum Gasteiger partial charge on any atom is -0.368 e. The van der Waals surface area contributed by atoms with Gasteiger partial charge in [0.25, 0.3) is 5.91 Å². The van der Waals surface area contributed by atoms with Gasteiger partial charge in [0, 0.05) is 32.2 Å². The molecule has 3 rings (SSSR count). The normalized spacial score (nSPS) is 19.3. The zero-order chi connectivity index (χ0) is 13.2. The fourth-order valence-electron chi connectivity index (χ4n) is 2.41. The summed E-state index contributed by atoms with van der Waals surface area (Å²) in [6, 6.07) is 4.24. The summed E-state index contributed by atoms with van der Waals surface area (Å²) in [5.41, 5.74) is 2.61. The number of nitrogens with zero attached hydrogens (tertiary/aromatic N) is 2. The Kier molecular flexibility index (Phi) is 3.38. The lowest BCUT2D eigenvalue weighted by molar-refractivity contribution is 0.0946. The molecule has 0 bridgehead atoms. The highest BCUT2D eigenvalue weighted by molar-refractivity contribution is 5.93. The maximum Gasteiger partial charge on any atom is 0.270 e. The molecule has 2 fully saturated rings. The Bertz CT molecular complexity index is 478. The molecule has 1 amide bonds. The molecule has 0 unspecified atom stereocenters. The standard InChI is InChI=1S/C14H20N4O/c1-10-13(18-8-6-15-7-9-18)5-4-12(16-10)14(19)17-11-2-3-11/h4-5,11,15H,2-3,6-9H2,1H3,(H,17,19). The number of amides is 1. The molecular weight excluding hydrogens is 240 g/mol. The van der Waals surface area contributed by atoms with Crippen LogP contribution in [0.1, 0.15) is 29.0 Å². The van der Waals surface area contributed by atoms with E-state index in [1.807, 2.05) is 19.1 Å². The lowest BCUT2D eigenvalue weighted by Crippen LogP contribution is -2.44. The number of hydrogen-bond donors (Lipinski definition) is 2. The van der Waals surface area contributed by atoms with Gasteiger partial charge in [0.1, 0.15) is 5.69 Å². The Hall–Kier alpha value is -1.62. The highest BCUT2D eigenvalue weighted by atomic mass is 16.2. The maximum atomic E-state index is 11.9. The van der Waals surface area contributed by atoms with Crippen LogP contribution in [0.25, 0.3) is 0 Å². The van der Waals surface area contributed by atoms with Gasteiger partial charge in [-0.25, -0.2) is 4.98 Å². The molecule has 1 saturated heterocycles. The smallest absolute Gasteiger partial charge is 0.270 e. The van der Waals surface area contributed by atoms with E-state index in [0.717, 1.165) is 50.4 Å². The van der Waals surface area contributed by atoms with E-state index in [1.54, 1.807) is 0 Å². The average Bonchev–Trinajstić information content (AvgIpc) is 3.23. The number of nitrogens with one attached hydrogen (secondary N) is 2. The number of rotatable bonds is 3. The van der Waals surface area contributed by atoms with Crippen LogP contribution in [0.15, 0.2) is 12.1 Å². The van der Waals surface area contributed by atoms with Crippen molar-refractivity contribution in [3.8, 4) is 0 Å². The van der Waals surface area contributed by atoms with Crippen LogP contribution in [0.2, 0.25) is 0 Å². The molecule has 0 spiro atoms. The van der Waals surface area contributed by atoms with Crippen LogP contribution in [-0.4, -0.2) is 43.1 Å². The Labute approximate surface area is 113 Å². The van der Waals surface area contributed by atoms with Crippen molar-refractivity contribution in [2.24, 2.45) is 0 Å². The predicted molar refractivity (Wildman–Crippen MR) is 74.5 cm³/mol. The number of aromatic nitrogens is 1. The number of anilines is 1. The van der Waals surface area contributed by atoms with E-state index in [2.05, 4.69) is 20.5 Å². The number of pyridine rings is 1. The van der Waals surface area contributed by atoms with Crippen LogP contribution in [0.3, 0.4) is 0 Å². The zero-order valence-corrected chi connectivity index (χ0v) is 11.3. The maximum absolute atomic E-state index is 11.9. The highest BCUT2D eigenvalue weighted by Gasteiger charge is 2.24. The molecule has 19 heavy (non-hydrogen) atoms. The fraction of sp³-hybridized carbons (Fsp3) is 0.571.